The summed E-state index contributed by atoms with van der Waals surface area (Å²) in [4.78, 5) is 47.8. The summed E-state index contributed by atoms with van der Waals surface area (Å²) < 4.78 is 11.3. The van der Waals surface area contributed by atoms with E-state index in [1.807, 2.05) is 13.8 Å². The average molecular weight is 897 g/mol. The van der Waals surface area contributed by atoms with Gasteiger partial charge in [-0.1, -0.05) is 113 Å². The maximum absolute atomic E-state index is 13.7. The molecule has 2 aromatic heterocycles. The van der Waals surface area contributed by atoms with Crippen molar-refractivity contribution >= 4 is 41.2 Å². The van der Waals surface area contributed by atoms with E-state index in [1.165, 1.54) is 58.5 Å². The van der Waals surface area contributed by atoms with E-state index >= 15 is 0 Å². The Kier molecular flexibility index (Phi) is 17.2. The van der Waals surface area contributed by atoms with Crippen molar-refractivity contribution in [3.8, 4) is 0 Å². The number of methoxy groups -OCH3 is 1. The van der Waals surface area contributed by atoms with E-state index in [-0.39, 0.29) is 59.7 Å². The number of nitrogens with one attached hydrogen (secondary N) is 4. The SMILES string of the molecule is CC[C@H]1/C2=C/c3[nH]c4c(c3C)=C(O)[C@H](C(=O)OC)C=4[C@H]3N[C@H](Cc4[nH]c(c(C(C)=O)c4C)/C=C(\N2)[C@@H]1C)[C@@H](C)[C@@H]3CCC(=O)OCCC(C)CCC[C@@H](C)CCC[C@@H](C)CCCC(C)C. The molecule has 0 radical (unpaired) electrons. The molecule has 5 N–H and O–H groups in total. The fourth-order valence-electron chi connectivity index (χ4n) is 11.9. The number of aliphatic hydroxyl groups is 1. The van der Waals surface area contributed by atoms with Gasteiger partial charge in [-0.3, -0.25) is 14.4 Å². The molecule has 10 atom stereocenters. The lowest BCUT2D eigenvalue weighted by Crippen LogP contribution is -2.40. The highest BCUT2D eigenvalue weighted by Gasteiger charge is 2.48. The molecule has 2 aromatic rings. The van der Waals surface area contributed by atoms with Crippen LogP contribution in [0.5, 0.6) is 0 Å². The van der Waals surface area contributed by atoms with E-state index in [4.69, 9.17) is 9.47 Å². The second kappa shape index (κ2) is 22.2. The van der Waals surface area contributed by atoms with Crippen LogP contribution in [0, 0.1) is 67.1 Å². The van der Waals surface area contributed by atoms with Crippen molar-refractivity contribution < 1.29 is 29.0 Å². The monoisotopic (exact) mass is 897 g/mol. The molecular formula is C55H84N4O6. The summed E-state index contributed by atoms with van der Waals surface area (Å²) >= 11 is 0. The van der Waals surface area contributed by atoms with Gasteiger partial charge in [-0.25, -0.2) is 0 Å². The fourth-order valence-corrected chi connectivity index (χ4v) is 11.9. The number of aromatic nitrogens is 2. The van der Waals surface area contributed by atoms with Gasteiger partial charge in [-0.15, -0.1) is 0 Å². The molecule has 10 heteroatoms. The Hall–Kier alpha value is -4.05. The molecule has 360 valence electrons. The summed E-state index contributed by atoms with van der Waals surface area (Å²) in [6.45, 7) is 24.4. The number of fused-ring (bicyclic) bond motifs is 8. The van der Waals surface area contributed by atoms with E-state index in [2.05, 4.69) is 88.1 Å². The minimum Gasteiger partial charge on any atom is -0.510 e. The minimum atomic E-state index is -0.985. The van der Waals surface area contributed by atoms with Crippen LogP contribution in [0.25, 0.3) is 23.5 Å². The molecule has 2 fully saturated rings. The number of rotatable bonds is 21. The molecule has 1 unspecified atom stereocenters. The Morgan fingerprint density at radius 1 is 0.831 bits per heavy atom. The Morgan fingerprint density at radius 2 is 1.45 bits per heavy atom. The Balaban J connectivity index is 1.17. The second-order valence-corrected chi connectivity index (χ2v) is 21.4. The lowest BCUT2D eigenvalue weighted by molar-refractivity contribution is -0.144. The first-order valence-electron chi connectivity index (χ1n) is 25.5. The molecule has 5 heterocycles. The number of ketones is 1. The van der Waals surface area contributed by atoms with Crippen molar-refractivity contribution in [2.45, 2.75) is 178 Å². The summed E-state index contributed by atoms with van der Waals surface area (Å²) in [5.41, 5.74) is 8.03. The van der Waals surface area contributed by atoms with E-state index in [0.717, 1.165) is 87.5 Å². The highest BCUT2D eigenvalue weighted by molar-refractivity contribution is 5.99. The van der Waals surface area contributed by atoms with Crippen LogP contribution in [0.3, 0.4) is 0 Å². The first kappa shape index (κ1) is 50.4. The molecule has 6 rings (SSSR count). The molecule has 1 aliphatic carbocycles. The van der Waals surface area contributed by atoms with Crippen LogP contribution in [-0.4, -0.2) is 58.6 Å². The van der Waals surface area contributed by atoms with Gasteiger partial charge in [0.2, 0.25) is 0 Å². The van der Waals surface area contributed by atoms with Crippen LogP contribution in [0.1, 0.15) is 184 Å². The Labute approximate surface area is 390 Å². The first-order chi connectivity index (χ1) is 30.9. The lowest BCUT2D eigenvalue weighted by atomic mass is 9.79. The van der Waals surface area contributed by atoms with Crippen LogP contribution in [0.15, 0.2) is 11.4 Å². The van der Waals surface area contributed by atoms with E-state index in [9.17, 15) is 19.5 Å². The number of hydrogen-bond donors (Lipinski definition) is 5. The van der Waals surface area contributed by atoms with E-state index in [0.29, 0.717) is 36.1 Å². The number of Topliss-reactive ketones (excluding diaryl/α,β-unsaturated/α-hetero) is 1. The first-order valence-corrected chi connectivity index (χ1v) is 25.5. The molecule has 3 aliphatic heterocycles. The third-order valence-corrected chi connectivity index (χ3v) is 16.1. The van der Waals surface area contributed by atoms with Crippen molar-refractivity contribution in [2.75, 3.05) is 13.7 Å². The summed E-state index contributed by atoms with van der Waals surface area (Å²) in [7, 11) is 1.36. The lowest BCUT2D eigenvalue weighted by Gasteiger charge is -2.26. The molecule has 0 amide bonds. The third kappa shape index (κ3) is 11.4. The normalized spacial score (nSPS) is 26.6. The van der Waals surface area contributed by atoms with Gasteiger partial charge in [0.1, 0.15) is 11.7 Å². The summed E-state index contributed by atoms with van der Waals surface area (Å²) in [6.07, 6.45) is 19.1. The van der Waals surface area contributed by atoms with E-state index in [1.54, 1.807) is 6.92 Å². The smallest absolute Gasteiger partial charge is 0.320 e. The molecular weight excluding hydrogens is 813 g/mol. The number of carbonyl (C=O) groups is 3. The third-order valence-electron chi connectivity index (χ3n) is 16.1. The van der Waals surface area contributed by atoms with Crippen molar-refractivity contribution in [2.24, 2.45) is 53.3 Å². The Bertz CT molecular complexity index is 2210. The van der Waals surface area contributed by atoms with Gasteiger partial charge >= 0.3 is 11.9 Å². The standard InChI is InChI=1S/C55H84N4O6/c1-13-39-34(7)41-29-46-48(38(11)60)36(9)43(57-46)27-42-35(8)40(52(58-42)50-51(55(63)64-12)54(62)49-37(10)44(59-53(49)50)28-45(39)56-41)23-24-47(61)65-26-25-33(6)22-16-21-32(5)20-15-19-31(4)18-14-17-30(2)3/h28-35,39-40,42,51-52,56-59,62H,13-27H2,1-12H3/b41-29-,45-28-/t31-,32-,33?,34+,35-,39+,40-,42+,51+,52-/m0/s1. The molecule has 8 bridgehead atoms. The topological polar surface area (TPSA) is 146 Å². The molecule has 0 aromatic carbocycles. The quantitative estimate of drug-likeness (QED) is 0.0615. The summed E-state index contributed by atoms with van der Waals surface area (Å²) in [5, 5.41) is 21.0. The highest BCUT2D eigenvalue weighted by atomic mass is 16.5. The van der Waals surface area contributed by atoms with Gasteiger partial charge < -0.3 is 35.2 Å². The number of aromatic amines is 2. The van der Waals surface area contributed by atoms with Gasteiger partial charge in [-0.05, 0) is 104 Å². The molecule has 0 spiro atoms. The minimum absolute atomic E-state index is 0.00475. The van der Waals surface area contributed by atoms with Gasteiger partial charge in [0.05, 0.1) is 24.8 Å². The number of allylic oxidation sites excluding steroid dienone is 2. The molecule has 2 saturated heterocycles. The van der Waals surface area contributed by atoms with Crippen molar-refractivity contribution in [1.82, 2.24) is 20.6 Å². The highest BCUT2D eigenvalue weighted by Crippen LogP contribution is 2.42. The number of aliphatic hydroxyl groups excluding tert-OH is 1. The number of H-pyrrole nitrogens is 2. The molecule has 10 nitrogen and oxygen atoms in total. The largest absolute Gasteiger partial charge is 0.510 e. The van der Waals surface area contributed by atoms with Crippen molar-refractivity contribution in [1.29, 1.82) is 0 Å². The zero-order valence-electron chi connectivity index (χ0n) is 42.1. The number of esters is 2. The summed E-state index contributed by atoms with van der Waals surface area (Å²) in [5.74, 6) is 1.56. The predicted molar refractivity (Wildman–Crippen MR) is 263 cm³/mol. The van der Waals surface area contributed by atoms with Gasteiger partial charge in [-0.2, -0.15) is 0 Å². The van der Waals surface area contributed by atoms with Crippen LogP contribution in [0.2, 0.25) is 0 Å². The van der Waals surface area contributed by atoms with Gasteiger partial charge in [0.15, 0.2) is 5.78 Å². The van der Waals surface area contributed by atoms with Crippen molar-refractivity contribution in [3.05, 3.63) is 55.7 Å². The van der Waals surface area contributed by atoms with Gasteiger partial charge in [0.25, 0.3) is 0 Å². The molecule has 65 heavy (non-hydrogen) atoms. The number of hydrogen-bond acceptors (Lipinski definition) is 8. The molecule has 4 aliphatic rings. The number of carbonyl (C=O) groups excluding carboxylic acids is 3. The maximum Gasteiger partial charge on any atom is 0.320 e. The van der Waals surface area contributed by atoms with E-state index < -0.39 is 11.9 Å². The average Bonchev–Trinajstić information content (AvgIpc) is 4.00. The maximum atomic E-state index is 13.7. The zero-order chi connectivity index (χ0) is 47.3. The number of ether oxygens (including phenoxy) is 2. The van der Waals surface area contributed by atoms with Gasteiger partial charge in [0, 0.05) is 70.3 Å². The van der Waals surface area contributed by atoms with Crippen LogP contribution < -0.4 is 21.2 Å². The Morgan fingerprint density at radius 3 is 2.05 bits per heavy atom. The van der Waals surface area contributed by atoms with Crippen LogP contribution >= 0.6 is 0 Å². The van der Waals surface area contributed by atoms with Crippen molar-refractivity contribution in [3.63, 3.8) is 0 Å². The van der Waals surface area contributed by atoms with Crippen LogP contribution in [0.4, 0.5) is 0 Å². The van der Waals surface area contributed by atoms with Crippen LogP contribution in [-0.2, 0) is 25.5 Å². The second-order valence-electron chi connectivity index (χ2n) is 21.4. The predicted octanol–water partition coefficient (Wildman–Crippen LogP) is 10.4. The zero-order valence-corrected chi connectivity index (χ0v) is 42.1. The molecule has 0 saturated carbocycles. The fraction of sp³-hybridized carbons (Fsp3) is 0.691. The summed E-state index contributed by atoms with van der Waals surface area (Å²) in [6, 6.07) is -0.422.